The molecule has 0 fully saturated rings. The molecule has 0 heterocycles. The molecule has 0 aliphatic heterocycles. The van der Waals surface area contributed by atoms with E-state index >= 15 is 0 Å². The number of hydrogen-bond acceptors (Lipinski definition) is 5. The second kappa shape index (κ2) is 64.6. The van der Waals surface area contributed by atoms with Crippen molar-refractivity contribution in [2.24, 2.45) is 0 Å². The molecular weight excluding hydrogens is 923 g/mol. The molecule has 0 aromatic rings. The number of rotatable bonds is 63. The van der Waals surface area contributed by atoms with Gasteiger partial charge in [0.2, 0.25) is 5.91 Å². The van der Waals surface area contributed by atoms with E-state index in [2.05, 4.69) is 55.6 Å². The van der Waals surface area contributed by atoms with E-state index in [1.54, 1.807) is 0 Å². The molecular formula is C69H131NO5. The van der Waals surface area contributed by atoms with Crippen molar-refractivity contribution in [1.29, 1.82) is 0 Å². The number of amides is 1. The van der Waals surface area contributed by atoms with Gasteiger partial charge in [0, 0.05) is 12.8 Å². The molecule has 6 nitrogen and oxygen atoms in total. The third-order valence-corrected chi connectivity index (χ3v) is 15.6. The van der Waals surface area contributed by atoms with Crippen LogP contribution in [0.15, 0.2) is 36.5 Å². The number of ether oxygens (including phenoxy) is 1. The number of esters is 1. The summed E-state index contributed by atoms with van der Waals surface area (Å²) in [5.41, 5.74) is 0. The van der Waals surface area contributed by atoms with Crippen LogP contribution in [-0.2, 0) is 14.3 Å². The van der Waals surface area contributed by atoms with Crippen molar-refractivity contribution in [3.05, 3.63) is 36.5 Å². The van der Waals surface area contributed by atoms with E-state index in [0.29, 0.717) is 25.9 Å². The summed E-state index contributed by atoms with van der Waals surface area (Å²) in [5.74, 6) is -0.0345. The van der Waals surface area contributed by atoms with Gasteiger partial charge in [-0.25, -0.2) is 0 Å². The first-order chi connectivity index (χ1) is 37.0. The van der Waals surface area contributed by atoms with Gasteiger partial charge in [0.15, 0.2) is 0 Å². The summed E-state index contributed by atoms with van der Waals surface area (Å²) < 4.78 is 5.47. The van der Waals surface area contributed by atoms with Crippen LogP contribution in [0.25, 0.3) is 0 Å². The van der Waals surface area contributed by atoms with Gasteiger partial charge in [0.25, 0.3) is 0 Å². The third kappa shape index (κ3) is 61.2. The predicted octanol–water partition coefficient (Wildman–Crippen LogP) is 21.5. The zero-order chi connectivity index (χ0) is 54.3. The van der Waals surface area contributed by atoms with Gasteiger partial charge in [0.1, 0.15) is 0 Å². The molecule has 0 aromatic carbocycles. The molecule has 0 radical (unpaired) electrons. The highest BCUT2D eigenvalue weighted by molar-refractivity contribution is 5.76. The second-order valence-electron chi connectivity index (χ2n) is 23.1. The summed E-state index contributed by atoms with van der Waals surface area (Å²) in [6.45, 7) is 4.91. The maximum atomic E-state index is 12.5. The lowest BCUT2D eigenvalue weighted by Crippen LogP contribution is -2.45. The van der Waals surface area contributed by atoms with Crippen LogP contribution in [0, 0.1) is 0 Å². The molecule has 0 bridgehead atoms. The van der Waals surface area contributed by atoms with Crippen molar-refractivity contribution in [1.82, 2.24) is 5.32 Å². The van der Waals surface area contributed by atoms with Crippen LogP contribution in [0.2, 0.25) is 0 Å². The summed E-state index contributed by atoms with van der Waals surface area (Å²) in [4.78, 5) is 24.6. The fraction of sp³-hybridized carbons (Fsp3) is 0.884. The Morgan fingerprint density at radius 2 is 0.693 bits per heavy atom. The Labute approximate surface area is 468 Å². The van der Waals surface area contributed by atoms with Gasteiger partial charge in [-0.3, -0.25) is 9.59 Å². The number of carbonyl (C=O) groups is 2. The standard InChI is InChI=1S/C69H131NO5/c1-3-5-7-9-11-13-15-17-18-19-28-31-34-38-41-45-49-53-57-61-67(72)66(65-71)70-68(73)62-58-54-50-46-42-39-35-32-29-26-24-22-20-21-23-25-27-30-33-36-40-44-48-52-56-60-64-75-69(74)63-59-55-51-47-43-37-16-14-12-10-8-6-4-2/h8,10,14,16,20,22,66-67,71-72H,3-7,9,11-13,15,17-19,21,23-65H2,1-2H3,(H,70,73)/b10-8-,16-14-,22-20-. The van der Waals surface area contributed by atoms with Gasteiger partial charge in [0.05, 0.1) is 25.4 Å². The number of unbranched alkanes of at least 4 members (excludes halogenated alkanes) is 46. The van der Waals surface area contributed by atoms with E-state index in [1.165, 1.54) is 283 Å². The normalized spacial score (nSPS) is 12.7. The Morgan fingerprint density at radius 1 is 0.373 bits per heavy atom. The van der Waals surface area contributed by atoms with Gasteiger partial charge in [-0.15, -0.1) is 0 Å². The van der Waals surface area contributed by atoms with Crippen molar-refractivity contribution < 1.29 is 24.5 Å². The summed E-state index contributed by atoms with van der Waals surface area (Å²) >= 11 is 0. The highest BCUT2D eigenvalue weighted by atomic mass is 16.5. The van der Waals surface area contributed by atoms with Crippen molar-refractivity contribution in [2.75, 3.05) is 13.2 Å². The van der Waals surface area contributed by atoms with Crippen molar-refractivity contribution in [2.45, 2.75) is 379 Å². The van der Waals surface area contributed by atoms with E-state index in [1.807, 2.05) is 0 Å². The van der Waals surface area contributed by atoms with Crippen LogP contribution in [0.4, 0.5) is 0 Å². The zero-order valence-corrected chi connectivity index (χ0v) is 50.5. The molecule has 0 rings (SSSR count). The summed E-state index contributed by atoms with van der Waals surface area (Å²) in [6, 6.07) is -0.544. The molecule has 0 spiro atoms. The summed E-state index contributed by atoms with van der Waals surface area (Å²) in [5, 5.41) is 23.4. The van der Waals surface area contributed by atoms with Crippen LogP contribution < -0.4 is 5.32 Å². The molecule has 0 aliphatic carbocycles. The number of nitrogens with one attached hydrogen (secondary N) is 1. The molecule has 442 valence electrons. The molecule has 2 unspecified atom stereocenters. The van der Waals surface area contributed by atoms with Crippen molar-refractivity contribution in [3.8, 4) is 0 Å². The third-order valence-electron chi connectivity index (χ3n) is 15.6. The molecule has 0 aromatic heterocycles. The SMILES string of the molecule is CCC/C=C\C/C=C\CCCCCCCC(=O)OCCCCCCCCCCCCCC/C=C\CCCCCCCCCCCCC(=O)NC(CO)C(O)CCCCCCCCCCCCCCCCCCCCC. The number of aliphatic hydroxyl groups is 2. The largest absolute Gasteiger partial charge is 0.466 e. The predicted molar refractivity (Wildman–Crippen MR) is 329 cm³/mol. The molecule has 6 heteroatoms. The summed E-state index contributed by atoms with van der Waals surface area (Å²) in [7, 11) is 0. The molecule has 0 aliphatic rings. The Balaban J connectivity index is 3.40. The molecule has 0 saturated heterocycles. The minimum absolute atomic E-state index is 0.000777. The Hall–Kier alpha value is -1.92. The highest BCUT2D eigenvalue weighted by Crippen LogP contribution is 2.18. The van der Waals surface area contributed by atoms with Crippen molar-refractivity contribution in [3.63, 3.8) is 0 Å². The second-order valence-corrected chi connectivity index (χ2v) is 23.1. The fourth-order valence-corrected chi connectivity index (χ4v) is 10.5. The Morgan fingerprint density at radius 3 is 1.08 bits per heavy atom. The first kappa shape index (κ1) is 73.1. The smallest absolute Gasteiger partial charge is 0.305 e. The van der Waals surface area contributed by atoms with Crippen LogP contribution in [0.3, 0.4) is 0 Å². The van der Waals surface area contributed by atoms with E-state index in [4.69, 9.17) is 4.74 Å². The molecule has 2 atom stereocenters. The maximum Gasteiger partial charge on any atom is 0.305 e. The summed E-state index contributed by atoms with van der Waals surface area (Å²) in [6.07, 6.45) is 81.8. The van der Waals surface area contributed by atoms with Crippen LogP contribution in [-0.4, -0.2) is 47.4 Å². The van der Waals surface area contributed by atoms with E-state index in [9.17, 15) is 19.8 Å². The lowest BCUT2D eigenvalue weighted by molar-refractivity contribution is -0.143. The Bertz CT molecular complexity index is 1210. The fourth-order valence-electron chi connectivity index (χ4n) is 10.5. The number of allylic oxidation sites excluding steroid dienone is 6. The lowest BCUT2D eigenvalue weighted by atomic mass is 10.0. The first-order valence-corrected chi connectivity index (χ1v) is 33.7. The average Bonchev–Trinajstić information content (AvgIpc) is 3.41. The van der Waals surface area contributed by atoms with Gasteiger partial charge in [-0.05, 0) is 77.0 Å². The topological polar surface area (TPSA) is 95.9 Å². The first-order valence-electron chi connectivity index (χ1n) is 33.7. The van der Waals surface area contributed by atoms with Crippen LogP contribution in [0.5, 0.6) is 0 Å². The van der Waals surface area contributed by atoms with Gasteiger partial charge in [-0.2, -0.15) is 0 Å². The van der Waals surface area contributed by atoms with Crippen molar-refractivity contribution >= 4 is 11.9 Å². The molecule has 0 saturated carbocycles. The van der Waals surface area contributed by atoms with Gasteiger partial charge < -0.3 is 20.3 Å². The minimum atomic E-state index is -0.666. The number of aliphatic hydroxyl groups excluding tert-OH is 2. The highest BCUT2D eigenvalue weighted by Gasteiger charge is 2.20. The maximum absolute atomic E-state index is 12.5. The molecule has 3 N–H and O–H groups in total. The van der Waals surface area contributed by atoms with E-state index in [-0.39, 0.29) is 18.5 Å². The Kier molecular flexibility index (Phi) is 63.0. The average molecular weight is 1050 g/mol. The zero-order valence-electron chi connectivity index (χ0n) is 50.5. The van der Waals surface area contributed by atoms with E-state index in [0.717, 1.165) is 51.4 Å². The lowest BCUT2D eigenvalue weighted by Gasteiger charge is -2.22. The van der Waals surface area contributed by atoms with E-state index < -0.39 is 12.1 Å². The monoisotopic (exact) mass is 1050 g/mol. The number of hydrogen-bond donors (Lipinski definition) is 3. The van der Waals surface area contributed by atoms with Gasteiger partial charge in [-0.1, -0.05) is 314 Å². The molecule has 1 amide bonds. The molecule has 75 heavy (non-hydrogen) atoms. The van der Waals surface area contributed by atoms with Gasteiger partial charge >= 0.3 is 5.97 Å². The quantitative estimate of drug-likeness (QED) is 0.0320. The van der Waals surface area contributed by atoms with Crippen LogP contribution in [0.1, 0.15) is 367 Å². The minimum Gasteiger partial charge on any atom is -0.466 e. The number of carbonyl (C=O) groups excluding carboxylic acids is 2. The van der Waals surface area contributed by atoms with Crippen LogP contribution >= 0.6 is 0 Å².